The molecule has 1 rings (SSSR count). The Balaban J connectivity index is 3.28. The number of halogens is 3. The van der Waals surface area contributed by atoms with Crippen molar-refractivity contribution in [3.8, 4) is 0 Å². The number of rotatable bonds is 1. The van der Waals surface area contributed by atoms with E-state index in [1.165, 1.54) is 7.11 Å². The van der Waals surface area contributed by atoms with Crippen molar-refractivity contribution in [2.45, 2.75) is 0 Å². The normalized spacial score (nSPS) is 9.85. The van der Waals surface area contributed by atoms with Gasteiger partial charge in [-0.1, -0.05) is 11.6 Å². The molecule has 0 spiro atoms. The summed E-state index contributed by atoms with van der Waals surface area (Å²) in [5.74, 6) is -0.397. The molecule has 0 bridgehead atoms. The highest BCUT2D eigenvalue weighted by Gasteiger charge is 2.15. The summed E-state index contributed by atoms with van der Waals surface area (Å²) < 4.78 is 6.41. The first-order valence-corrected chi connectivity index (χ1v) is 5.82. The summed E-state index contributed by atoms with van der Waals surface area (Å²) in [5.41, 5.74) is 0.435. The first kappa shape index (κ1) is 11.5. The van der Waals surface area contributed by atoms with Crippen molar-refractivity contribution in [1.82, 2.24) is 0 Å². The minimum Gasteiger partial charge on any atom is -0.465 e. The van der Waals surface area contributed by atoms with Gasteiger partial charge < -0.3 is 4.74 Å². The Morgan fingerprint density at radius 3 is 2.54 bits per heavy atom. The van der Waals surface area contributed by atoms with E-state index in [4.69, 9.17) is 11.6 Å². The first-order valence-electron chi connectivity index (χ1n) is 3.29. The van der Waals surface area contributed by atoms with Crippen LogP contribution < -0.4 is 0 Å². The summed E-state index contributed by atoms with van der Waals surface area (Å²) in [5, 5.41) is 0.433. The second kappa shape index (κ2) is 4.79. The second-order valence-corrected chi connectivity index (χ2v) is 5.05. The molecule has 0 saturated heterocycles. The van der Waals surface area contributed by atoms with Gasteiger partial charge in [-0.3, -0.25) is 0 Å². The minimum atomic E-state index is -0.397. The zero-order valence-corrected chi connectivity index (χ0v) is 11.7. The van der Waals surface area contributed by atoms with E-state index in [1.807, 2.05) is 6.07 Å². The smallest absolute Gasteiger partial charge is 0.340 e. The van der Waals surface area contributed by atoms with E-state index in [0.29, 0.717) is 10.6 Å². The van der Waals surface area contributed by atoms with Gasteiger partial charge >= 0.3 is 5.97 Å². The summed E-state index contributed by atoms with van der Waals surface area (Å²) in [4.78, 5) is 11.3. The predicted molar refractivity (Wildman–Crippen MR) is 68.2 cm³/mol. The van der Waals surface area contributed by atoms with Crippen LogP contribution in [0.2, 0.25) is 5.02 Å². The highest BCUT2D eigenvalue weighted by atomic mass is 127. The molecule has 0 aliphatic rings. The van der Waals surface area contributed by atoms with E-state index in [9.17, 15) is 4.79 Å². The van der Waals surface area contributed by atoms with Crippen molar-refractivity contribution in [2.75, 3.05) is 7.11 Å². The molecule has 0 amide bonds. The summed E-state index contributed by atoms with van der Waals surface area (Å²) in [7, 11) is 1.34. The highest BCUT2D eigenvalue weighted by Crippen LogP contribution is 2.25. The molecule has 0 radical (unpaired) electrons. The third kappa shape index (κ3) is 2.69. The van der Waals surface area contributed by atoms with Crippen LogP contribution in [0.3, 0.4) is 0 Å². The van der Waals surface area contributed by atoms with Crippen LogP contribution >= 0.6 is 56.8 Å². The Bertz CT molecular complexity index is 329. The summed E-state index contributed by atoms with van der Waals surface area (Å²) in [6, 6.07) is 3.61. The van der Waals surface area contributed by atoms with E-state index in [2.05, 4.69) is 49.9 Å². The number of benzene rings is 1. The lowest BCUT2D eigenvalue weighted by Crippen LogP contribution is -2.05. The van der Waals surface area contributed by atoms with Crippen LogP contribution in [0, 0.1) is 7.14 Å². The van der Waals surface area contributed by atoms with Crippen molar-refractivity contribution >= 4 is 62.8 Å². The van der Waals surface area contributed by atoms with E-state index in [1.54, 1.807) is 6.07 Å². The minimum absolute atomic E-state index is 0.397. The SMILES string of the molecule is COC(=O)c1c(Cl)cc(I)cc1I. The first-order chi connectivity index (χ1) is 6.06. The Labute approximate surface area is 108 Å². The molecule has 0 atom stereocenters. The van der Waals surface area contributed by atoms with Gasteiger partial charge in [0.2, 0.25) is 0 Å². The van der Waals surface area contributed by atoms with Gasteiger partial charge in [0.15, 0.2) is 0 Å². The predicted octanol–water partition coefficient (Wildman–Crippen LogP) is 3.34. The summed E-state index contributed by atoms with van der Waals surface area (Å²) >= 11 is 10.1. The molecule has 0 heterocycles. The van der Waals surface area contributed by atoms with Gasteiger partial charge in [0.05, 0.1) is 17.7 Å². The van der Waals surface area contributed by atoms with Crippen molar-refractivity contribution in [3.05, 3.63) is 29.9 Å². The number of esters is 1. The molecule has 0 N–H and O–H groups in total. The zero-order chi connectivity index (χ0) is 10.0. The van der Waals surface area contributed by atoms with Crippen LogP contribution in [-0.4, -0.2) is 13.1 Å². The molecule has 0 aromatic heterocycles. The van der Waals surface area contributed by atoms with Gasteiger partial charge in [0, 0.05) is 7.14 Å². The standard InChI is InChI=1S/C8H5ClI2O2/c1-13-8(12)7-5(9)2-4(10)3-6(7)11/h2-3H,1H3. The van der Waals surface area contributed by atoms with Crippen LogP contribution in [0.25, 0.3) is 0 Å². The molecule has 13 heavy (non-hydrogen) atoms. The Hall–Kier alpha value is 0.440. The van der Waals surface area contributed by atoms with Crippen LogP contribution in [0.4, 0.5) is 0 Å². The van der Waals surface area contributed by atoms with E-state index in [-0.39, 0.29) is 0 Å². The van der Waals surface area contributed by atoms with Crippen LogP contribution in [0.5, 0.6) is 0 Å². The largest absolute Gasteiger partial charge is 0.465 e. The van der Waals surface area contributed by atoms with Crippen LogP contribution in [-0.2, 0) is 4.74 Å². The van der Waals surface area contributed by atoms with Gasteiger partial charge in [-0.25, -0.2) is 4.79 Å². The van der Waals surface area contributed by atoms with Crippen molar-refractivity contribution in [2.24, 2.45) is 0 Å². The molecule has 1 aromatic carbocycles. The highest BCUT2D eigenvalue weighted by molar-refractivity contribution is 14.1. The number of carbonyl (C=O) groups is 1. The van der Waals surface area contributed by atoms with Gasteiger partial charge in [-0.05, 0) is 57.3 Å². The van der Waals surface area contributed by atoms with E-state index >= 15 is 0 Å². The third-order valence-corrected chi connectivity index (χ3v) is 3.17. The van der Waals surface area contributed by atoms with Crippen LogP contribution in [0.1, 0.15) is 10.4 Å². The molecule has 0 unspecified atom stereocenters. The number of ether oxygens (including phenoxy) is 1. The van der Waals surface area contributed by atoms with Crippen molar-refractivity contribution in [3.63, 3.8) is 0 Å². The average Bonchev–Trinajstić information content (AvgIpc) is 2.02. The Morgan fingerprint density at radius 2 is 2.08 bits per heavy atom. The molecule has 5 heteroatoms. The molecular formula is C8H5ClI2O2. The molecule has 0 aliphatic carbocycles. The van der Waals surface area contributed by atoms with Crippen LogP contribution in [0.15, 0.2) is 12.1 Å². The zero-order valence-electron chi connectivity index (χ0n) is 6.61. The number of hydrogen-bond acceptors (Lipinski definition) is 2. The van der Waals surface area contributed by atoms with Gasteiger partial charge in [0.1, 0.15) is 0 Å². The maximum Gasteiger partial charge on any atom is 0.340 e. The molecule has 2 nitrogen and oxygen atoms in total. The van der Waals surface area contributed by atoms with Crippen molar-refractivity contribution in [1.29, 1.82) is 0 Å². The lowest BCUT2D eigenvalue weighted by molar-refractivity contribution is 0.0599. The lowest BCUT2D eigenvalue weighted by atomic mass is 10.2. The number of carbonyl (C=O) groups excluding carboxylic acids is 1. The fraction of sp³-hybridized carbons (Fsp3) is 0.125. The van der Waals surface area contributed by atoms with Crippen molar-refractivity contribution < 1.29 is 9.53 Å². The maximum absolute atomic E-state index is 11.3. The molecule has 0 fully saturated rings. The topological polar surface area (TPSA) is 26.3 Å². The number of hydrogen-bond donors (Lipinski definition) is 0. The Kier molecular flexibility index (Phi) is 4.24. The lowest BCUT2D eigenvalue weighted by Gasteiger charge is -2.05. The Morgan fingerprint density at radius 1 is 1.46 bits per heavy atom. The second-order valence-electron chi connectivity index (χ2n) is 2.24. The molecule has 1 aromatic rings. The van der Waals surface area contributed by atoms with E-state index in [0.717, 1.165) is 7.14 Å². The van der Waals surface area contributed by atoms with E-state index < -0.39 is 5.97 Å². The molecule has 0 saturated carbocycles. The molecule has 70 valence electrons. The molecular weight excluding hydrogens is 417 g/mol. The number of methoxy groups -OCH3 is 1. The summed E-state index contributed by atoms with van der Waals surface area (Å²) in [6.45, 7) is 0. The quantitative estimate of drug-likeness (QED) is 0.513. The third-order valence-electron chi connectivity index (χ3n) is 1.40. The monoisotopic (exact) mass is 422 g/mol. The van der Waals surface area contributed by atoms with Gasteiger partial charge in [-0.15, -0.1) is 0 Å². The summed E-state index contributed by atoms with van der Waals surface area (Å²) in [6.07, 6.45) is 0. The fourth-order valence-electron chi connectivity index (χ4n) is 0.839. The fourth-order valence-corrected chi connectivity index (χ4v) is 3.54. The molecule has 0 aliphatic heterocycles. The maximum atomic E-state index is 11.3. The van der Waals surface area contributed by atoms with Gasteiger partial charge in [-0.2, -0.15) is 0 Å². The average molecular weight is 422 g/mol. The van der Waals surface area contributed by atoms with Gasteiger partial charge in [0.25, 0.3) is 0 Å².